The average molecular weight is 336 g/mol. The Morgan fingerprint density at radius 2 is 1.18 bits per heavy atom. The maximum atomic E-state index is 13.5. The Kier molecular flexibility index (Phi) is 2.45. The molecule has 0 radical (unpaired) electrons. The Labute approximate surface area is 132 Å². The molecule has 2 nitrogen and oxygen atoms in total. The zero-order chi connectivity index (χ0) is 15.2. The second kappa shape index (κ2) is 4.11. The highest BCUT2D eigenvalue weighted by Crippen LogP contribution is 2.59. The molecule has 0 aromatic carbocycles. The number of ketones is 2. The van der Waals surface area contributed by atoms with Crippen molar-refractivity contribution >= 4 is 34.2 Å². The number of rotatable bonds is 0. The number of thiophene rings is 2. The van der Waals surface area contributed by atoms with Crippen molar-refractivity contribution in [2.75, 3.05) is 0 Å². The minimum Gasteiger partial charge on any atom is -0.294 e. The van der Waals surface area contributed by atoms with Gasteiger partial charge in [-0.3, -0.25) is 9.59 Å². The second-order valence-electron chi connectivity index (χ2n) is 6.28. The number of fused-ring (bicyclic) bond motifs is 6. The molecule has 0 N–H and O–H groups in total. The largest absolute Gasteiger partial charge is 0.294 e. The third kappa shape index (κ3) is 1.47. The lowest BCUT2D eigenvalue weighted by atomic mass is 9.70. The molecule has 0 spiro atoms. The van der Waals surface area contributed by atoms with E-state index in [4.69, 9.17) is 0 Å². The highest BCUT2D eigenvalue weighted by molar-refractivity contribution is 7.11. The van der Waals surface area contributed by atoms with Crippen LogP contribution in [0.4, 0.5) is 8.78 Å². The van der Waals surface area contributed by atoms with Crippen LogP contribution in [0.3, 0.4) is 0 Å². The minimum absolute atomic E-state index is 0.00322. The molecule has 4 unspecified atom stereocenters. The van der Waals surface area contributed by atoms with Gasteiger partial charge in [0.25, 0.3) is 0 Å². The van der Waals surface area contributed by atoms with E-state index in [-0.39, 0.29) is 45.5 Å². The van der Waals surface area contributed by atoms with Crippen molar-refractivity contribution in [1.82, 2.24) is 0 Å². The van der Waals surface area contributed by atoms with Gasteiger partial charge in [0.05, 0.1) is 0 Å². The van der Waals surface area contributed by atoms with Gasteiger partial charge in [-0.05, 0) is 25.0 Å². The Morgan fingerprint density at radius 1 is 0.773 bits per heavy atom. The molecule has 0 amide bonds. The fourth-order valence-corrected chi connectivity index (χ4v) is 6.58. The van der Waals surface area contributed by atoms with Crippen LogP contribution >= 0.6 is 22.7 Å². The van der Waals surface area contributed by atoms with Crippen molar-refractivity contribution in [3.05, 3.63) is 43.3 Å². The standard InChI is InChI=1S/C16H10F2O2S2/c17-11-4-10-14(20)6-2-8-5(1-7(6)15(10)21-11)13(19)9-3-12(18)22-16(8)9/h3-8H,1-2H2. The Balaban J connectivity index is 1.58. The van der Waals surface area contributed by atoms with Crippen molar-refractivity contribution in [2.24, 2.45) is 11.8 Å². The molecule has 0 saturated heterocycles. The van der Waals surface area contributed by atoms with Crippen LogP contribution in [0.5, 0.6) is 0 Å². The van der Waals surface area contributed by atoms with Gasteiger partial charge in [0.15, 0.2) is 21.8 Å². The summed E-state index contributed by atoms with van der Waals surface area (Å²) in [4.78, 5) is 26.6. The number of hydrogen-bond acceptors (Lipinski definition) is 4. The first kappa shape index (κ1) is 13.1. The van der Waals surface area contributed by atoms with Gasteiger partial charge in [0, 0.05) is 44.6 Å². The van der Waals surface area contributed by atoms with Gasteiger partial charge in [-0.1, -0.05) is 0 Å². The van der Waals surface area contributed by atoms with Crippen LogP contribution in [-0.4, -0.2) is 11.6 Å². The molecule has 1 saturated carbocycles. The summed E-state index contributed by atoms with van der Waals surface area (Å²) in [5.41, 5.74) is 1.00. The summed E-state index contributed by atoms with van der Waals surface area (Å²) in [5, 5.41) is -0.671. The van der Waals surface area contributed by atoms with Crippen LogP contribution < -0.4 is 0 Å². The van der Waals surface area contributed by atoms with E-state index in [2.05, 4.69) is 0 Å². The van der Waals surface area contributed by atoms with Gasteiger partial charge in [-0.25, -0.2) is 0 Å². The molecule has 0 aliphatic heterocycles. The summed E-state index contributed by atoms with van der Waals surface area (Å²) in [7, 11) is 0. The van der Waals surface area contributed by atoms with Gasteiger partial charge < -0.3 is 0 Å². The molecule has 3 aliphatic rings. The third-order valence-corrected chi connectivity index (χ3v) is 7.44. The number of carbonyl (C=O) groups excluding carboxylic acids is 2. The molecule has 4 atom stereocenters. The maximum absolute atomic E-state index is 13.5. The zero-order valence-corrected chi connectivity index (χ0v) is 12.9. The van der Waals surface area contributed by atoms with Crippen molar-refractivity contribution in [3.63, 3.8) is 0 Å². The van der Waals surface area contributed by atoms with Crippen LogP contribution in [0.1, 0.15) is 55.1 Å². The molecule has 0 bridgehead atoms. The van der Waals surface area contributed by atoms with E-state index in [0.29, 0.717) is 24.0 Å². The first-order chi connectivity index (χ1) is 10.5. The van der Waals surface area contributed by atoms with E-state index in [1.165, 1.54) is 12.1 Å². The normalized spacial score (nSPS) is 31.9. The highest BCUT2D eigenvalue weighted by atomic mass is 32.1. The average Bonchev–Trinajstić information content (AvgIpc) is 3.17. The molecule has 112 valence electrons. The van der Waals surface area contributed by atoms with E-state index in [0.717, 1.165) is 32.4 Å². The summed E-state index contributed by atoms with van der Waals surface area (Å²) < 4.78 is 26.9. The molecule has 2 aromatic rings. The highest BCUT2D eigenvalue weighted by Gasteiger charge is 2.53. The van der Waals surface area contributed by atoms with Gasteiger partial charge in [0.1, 0.15) is 0 Å². The molecular weight excluding hydrogens is 326 g/mol. The molecule has 2 aromatic heterocycles. The lowest BCUT2D eigenvalue weighted by molar-refractivity contribution is 0.0789. The zero-order valence-electron chi connectivity index (χ0n) is 11.3. The molecular formula is C16H10F2O2S2. The summed E-state index contributed by atoms with van der Waals surface area (Å²) in [5.74, 6) is -0.436. The Hall–Kier alpha value is -1.40. The van der Waals surface area contributed by atoms with Crippen LogP contribution in [0.15, 0.2) is 12.1 Å². The van der Waals surface area contributed by atoms with E-state index >= 15 is 0 Å². The molecule has 1 fully saturated rings. The van der Waals surface area contributed by atoms with Gasteiger partial charge in [0.2, 0.25) is 0 Å². The van der Waals surface area contributed by atoms with Crippen molar-refractivity contribution < 1.29 is 18.4 Å². The lowest BCUT2D eigenvalue weighted by Crippen LogP contribution is -2.29. The number of carbonyl (C=O) groups is 2. The molecule has 2 heterocycles. The number of Topliss-reactive ketones (excluding diaryl/α,β-unsaturated/α-hetero) is 2. The first-order valence-corrected chi connectivity index (χ1v) is 8.84. The monoisotopic (exact) mass is 336 g/mol. The van der Waals surface area contributed by atoms with E-state index in [1.54, 1.807) is 0 Å². The van der Waals surface area contributed by atoms with Crippen LogP contribution in [0, 0.1) is 22.1 Å². The van der Waals surface area contributed by atoms with Gasteiger partial charge >= 0.3 is 0 Å². The predicted molar refractivity (Wildman–Crippen MR) is 78.9 cm³/mol. The van der Waals surface area contributed by atoms with E-state index in [1.807, 2.05) is 0 Å². The van der Waals surface area contributed by atoms with E-state index < -0.39 is 0 Å². The van der Waals surface area contributed by atoms with Crippen LogP contribution in [-0.2, 0) is 0 Å². The van der Waals surface area contributed by atoms with Gasteiger partial charge in [-0.2, -0.15) is 8.78 Å². The van der Waals surface area contributed by atoms with E-state index in [9.17, 15) is 18.4 Å². The number of hydrogen-bond donors (Lipinski definition) is 0. The first-order valence-electron chi connectivity index (χ1n) is 7.21. The Morgan fingerprint density at radius 3 is 1.59 bits per heavy atom. The maximum Gasteiger partial charge on any atom is 0.177 e. The smallest absolute Gasteiger partial charge is 0.177 e. The fourth-order valence-electron chi connectivity index (χ4n) is 4.45. The second-order valence-corrected chi connectivity index (χ2v) is 8.35. The topological polar surface area (TPSA) is 34.1 Å². The fraction of sp³-hybridized carbons (Fsp3) is 0.375. The van der Waals surface area contributed by atoms with Crippen LogP contribution in [0.2, 0.25) is 0 Å². The summed E-state index contributed by atoms with van der Waals surface area (Å²) >= 11 is 2.07. The summed E-state index contributed by atoms with van der Waals surface area (Å²) in [6, 6.07) is 2.66. The summed E-state index contributed by atoms with van der Waals surface area (Å²) in [6.07, 6.45) is 1.16. The Bertz CT molecular complexity index is 780. The summed E-state index contributed by atoms with van der Waals surface area (Å²) in [6.45, 7) is 0. The predicted octanol–water partition coefficient (Wildman–Crippen LogP) is 4.37. The SMILES string of the molecule is O=C1c2cc(F)sc2C2CC3C(=O)c4cc(F)sc4C3CC12. The quantitative estimate of drug-likeness (QED) is 0.716. The van der Waals surface area contributed by atoms with Gasteiger partial charge in [-0.15, -0.1) is 22.7 Å². The molecule has 22 heavy (non-hydrogen) atoms. The van der Waals surface area contributed by atoms with Crippen molar-refractivity contribution in [1.29, 1.82) is 0 Å². The minimum atomic E-state index is -0.335. The lowest BCUT2D eigenvalue weighted by Gasteiger charge is -2.33. The molecule has 3 aliphatic carbocycles. The molecule has 5 rings (SSSR count). The third-order valence-electron chi connectivity index (χ3n) is 5.33. The molecule has 6 heteroatoms. The van der Waals surface area contributed by atoms with Crippen molar-refractivity contribution in [2.45, 2.75) is 24.7 Å². The van der Waals surface area contributed by atoms with Crippen molar-refractivity contribution in [3.8, 4) is 0 Å². The number of halogens is 2. The van der Waals surface area contributed by atoms with Crippen LogP contribution in [0.25, 0.3) is 0 Å².